The second-order valence-corrected chi connectivity index (χ2v) is 6.04. The van der Waals surface area contributed by atoms with Crippen LogP contribution >= 0.6 is 0 Å². The van der Waals surface area contributed by atoms with Gasteiger partial charge in [0.1, 0.15) is 5.60 Å². The van der Waals surface area contributed by atoms with E-state index in [1.807, 2.05) is 32.0 Å². The zero-order chi connectivity index (χ0) is 15.9. The van der Waals surface area contributed by atoms with Crippen molar-refractivity contribution in [3.8, 4) is 17.0 Å². The van der Waals surface area contributed by atoms with E-state index in [-0.39, 0.29) is 5.60 Å². The monoisotopic (exact) mass is 298 g/mol. The van der Waals surface area contributed by atoms with Crippen molar-refractivity contribution in [1.29, 1.82) is 0 Å². The van der Waals surface area contributed by atoms with Crippen molar-refractivity contribution >= 4 is 11.8 Å². The van der Waals surface area contributed by atoms with Gasteiger partial charge in [-0.2, -0.15) is 0 Å². The first-order valence-electron chi connectivity index (χ1n) is 7.15. The molecule has 1 aromatic carbocycles. The van der Waals surface area contributed by atoms with Crippen LogP contribution in [0.4, 0.5) is 5.82 Å². The van der Waals surface area contributed by atoms with Gasteiger partial charge in [-0.25, -0.2) is 9.78 Å². The summed E-state index contributed by atoms with van der Waals surface area (Å²) in [4.78, 5) is 15.8. The number of aromatic carboxylic acids is 1. The summed E-state index contributed by atoms with van der Waals surface area (Å²) in [7, 11) is 0. The Morgan fingerprint density at radius 3 is 2.82 bits per heavy atom. The van der Waals surface area contributed by atoms with Gasteiger partial charge in [0.2, 0.25) is 0 Å². The van der Waals surface area contributed by atoms with Crippen molar-refractivity contribution in [2.75, 3.05) is 11.9 Å². The quantitative estimate of drug-likeness (QED) is 0.889. The first kappa shape index (κ1) is 14.4. The topological polar surface area (TPSA) is 71.5 Å². The number of nitrogens with zero attached hydrogens (tertiary/aromatic N) is 1. The average Bonchev–Trinajstić information content (AvgIpc) is 2.46. The molecule has 0 aliphatic carbocycles. The Labute approximate surface area is 129 Å². The lowest BCUT2D eigenvalue weighted by Crippen LogP contribution is -2.40. The van der Waals surface area contributed by atoms with Gasteiger partial charge in [0.25, 0.3) is 0 Å². The summed E-state index contributed by atoms with van der Waals surface area (Å²) >= 11 is 0. The van der Waals surface area contributed by atoms with Crippen LogP contribution in [-0.4, -0.2) is 28.2 Å². The molecule has 114 valence electrons. The van der Waals surface area contributed by atoms with E-state index in [9.17, 15) is 9.90 Å². The maximum Gasteiger partial charge on any atom is 0.335 e. The van der Waals surface area contributed by atoms with Crippen LogP contribution in [0.5, 0.6) is 5.75 Å². The van der Waals surface area contributed by atoms with Gasteiger partial charge in [0.15, 0.2) is 11.6 Å². The normalized spacial score (nSPS) is 15.4. The molecule has 5 heteroatoms. The fourth-order valence-electron chi connectivity index (χ4n) is 2.58. The summed E-state index contributed by atoms with van der Waals surface area (Å²) < 4.78 is 5.88. The van der Waals surface area contributed by atoms with Crippen molar-refractivity contribution in [2.45, 2.75) is 26.4 Å². The smallest absolute Gasteiger partial charge is 0.335 e. The van der Waals surface area contributed by atoms with Gasteiger partial charge in [-0.3, -0.25) is 0 Å². The molecule has 0 fully saturated rings. The number of aromatic nitrogens is 1. The third-order valence-corrected chi connectivity index (χ3v) is 3.77. The fraction of sp³-hybridized carbons (Fsp3) is 0.294. The van der Waals surface area contributed by atoms with Crippen molar-refractivity contribution in [1.82, 2.24) is 4.98 Å². The van der Waals surface area contributed by atoms with E-state index in [4.69, 9.17) is 4.74 Å². The minimum atomic E-state index is -0.930. The Kier molecular flexibility index (Phi) is 3.28. The number of carboxylic acids is 1. The Hall–Kier alpha value is -2.56. The predicted molar refractivity (Wildman–Crippen MR) is 84.6 cm³/mol. The van der Waals surface area contributed by atoms with Crippen LogP contribution < -0.4 is 10.1 Å². The van der Waals surface area contributed by atoms with E-state index < -0.39 is 5.97 Å². The number of carboxylic acid groups (broad SMARTS) is 1. The third-order valence-electron chi connectivity index (χ3n) is 3.77. The number of pyridine rings is 1. The van der Waals surface area contributed by atoms with Crippen LogP contribution in [0.1, 0.15) is 29.8 Å². The first-order valence-corrected chi connectivity index (χ1v) is 7.15. The molecule has 0 spiro atoms. The van der Waals surface area contributed by atoms with Crippen LogP contribution in [0.15, 0.2) is 30.3 Å². The summed E-state index contributed by atoms with van der Waals surface area (Å²) in [5, 5.41) is 12.5. The Morgan fingerprint density at radius 1 is 1.32 bits per heavy atom. The summed E-state index contributed by atoms with van der Waals surface area (Å²) in [6, 6.07) is 8.95. The van der Waals surface area contributed by atoms with E-state index in [0.717, 1.165) is 11.3 Å². The van der Waals surface area contributed by atoms with E-state index in [0.29, 0.717) is 29.2 Å². The SMILES string of the molecule is Cc1c(C(=O)O)cccc1-c1ccc2c(n1)NCC(C)(C)O2. The highest BCUT2D eigenvalue weighted by Crippen LogP contribution is 2.34. The highest BCUT2D eigenvalue weighted by molar-refractivity contribution is 5.91. The number of anilines is 1. The minimum absolute atomic E-state index is 0.269. The third kappa shape index (κ3) is 2.50. The van der Waals surface area contributed by atoms with Crippen LogP contribution in [0.25, 0.3) is 11.3 Å². The number of nitrogens with one attached hydrogen (secondary N) is 1. The standard InChI is InChI=1S/C17H18N2O3/c1-10-11(5-4-6-12(10)16(20)21)13-7-8-14-15(19-13)18-9-17(2,3)22-14/h4-8H,9H2,1-3H3,(H,18,19)(H,20,21). The Balaban J connectivity index is 2.04. The first-order chi connectivity index (χ1) is 10.4. The zero-order valence-corrected chi connectivity index (χ0v) is 12.8. The molecule has 3 rings (SSSR count). The fourth-order valence-corrected chi connectivity index (χ4v) is 2.58. The van der Waals surface area contributed by atoms with Crippen molar-refractivity contribution in [3.63, 3.8) is 0 Å². The number of benzene rings is 1. The van der Waals surface area contributed by atoms with Crippen LogP contribution in [0, 0.1) is 6.92 Å². The summed E-state index contributed by atoms with van der Waals surface area (Å²) in [5.74, 6) is 0.476. The molecular weight excluding hydrogens is 280 g/mol. The van der Waals surface area contributed by atoms with Crippen LogP contribution in [0.2, 0.25) is 0 Å². The van der Waals surface area contributed by atoms with E-state index in [1.54, 1.807) is 19.1 Å². The minimum Gasteiger partial charge on any atom is -0.482 e. The Bertz CT molecular complexity index is 754. The number of hydrogen-bond acceptors (Lipinski definition) is 4. The molecule has 22 heavy (non-hydrogen) atoms. The number of hydrogen-bond donors (Lipinski definition) is 2. The molecule has 1 aliphatic rings. The predicted octanol–water partition coefficient (Wildman–Crippen LogP) is 3.34. The van der Waals surface area contributed by atoms with Crippen molar-refractivity contribution < 1.29 is 14.6 Å². The summed E-state index contributed by atoms with van der Waals surface area (Å²) in [5.41, 5.74) is 2.28. The molecule has 2 aromatic rings. The highest BCUT2D eigenvalue weighted by Gasteiger charge is 2.27. The molecule has 2 N–H and O–H groups in total. The lowest BCUT2D eigenvalue weighted by Gasteiger charge is -2.32. The second kappa shape index (κ2) is 5.02. The van der Waals surface area contributed by atoms with Crippen LogP contribution in [0.3, 0.4) is 0 Å². The molecule has 1 aliphatic heterocycles. The molecule has 0 amide bonds. The molecule has 0 atom stereocenters. The van der Waals surface area contributed by atoms with Gasteiger partial charge in [-0.05, 0) is 44.5 Å². The van der Waals surface area contributed by atoms with Crippen molar-refractivity contribution in [3.05, 3.63) is 41.5 Å². The maximum absolute atomic E-state index is 11.3. The van der Waals surface area contributed by atoms with Gasteiger partial charge < -0.3 is 15.2 Å². The van der Waals surface area contributed by atoms with E-state index in [1.165, 1.54) is 0 Å². The van der Waals surface area contributed by atoms with Crippen molar-refractivity contribution in [2.24, 2.45) is 0 Å². The molecule has 1 aromatic heterocycles. The molecule has 0 saturated heterocycles. The number of carbonyl (C=O) groups is 1. The molecule has 0 radical (unpaired) electrons. The molecule has 2 heterocycles. The molecule has 0 saturated carbocycles. The summed E-state index contributed by atoms with van der Waals surface area (Å²) in [6.07, 6.45) is 0. The molecule has 5 nitrogen and oxygen atoms in total. The largest absolute Gasteiger partial charge is 0.482 e. The van der Waals surface area contributed by atoms with Crippen LogP contribution in [-0.2, 0) is 0 Å². The zero-order valence-electron chi connectivity index (χ0n) is 12.8. The van der Waals surface area contributed by atoms with Gasteiger partial charge in [-0.15, -0.1) is 0 Å². The summed E-state index contributed by atoms with van der Waals surface area (Å²) in [6.45, 7) is 6.49. The molecule has 0 unspecified atom stereocenters. The second-order valence-electron chi connectivity index (χ2n) is 6.04. The molecular formula is C17H18N2O3. The number of ether oxygens (including phenoxy) is 1. The number of fused-ring (bicyclic) bond motifs is 1. The average molecular weight is 298 g/mol. The van der Waals surface area contributed by atoms with E-state index in [2.05, 4.69) is 10.3 Å². The van der Waals surface area contributed by atoms with Gasteiger partial charge in [0.05, 0.1) is 17.8 Å². The molecule has 0 bridgehead atoms. The maximum atomic E-state index is 11.3. The highest BCUT2D eigenvalue weighted by atomic mass is 16.5. The van der Waals surface area contributed by atoms with Gasteiger partial charge in [-0.1, -0.05) is 12.1 Å². The van der Waals surface area contributed by atoms with E-state index >= 15 is 0 Å². The van der Waals surface area contributed by atoms with Gasteiger partial charge >= 0.3 is 5.97 Å². The lowest BCUT2D eigenvalue weighted by molar-refractivity contribution is 0.0696. The Morgan fingerprint density at radius 2 is 2.09 bits per heavy atom. The lowest BCUT2D eigenvalue weighted by atomic mass is 9.99. The number of rotatable bonds is 2. The van der Waals surface area contributed by atoms with Gasteiger partial charge in [0, 0.05) is 5.56 Å².